The Balaban J connectivity index is 1.90. The number of amides is 2. The molecule has 1 N–H and O–H groups in total. The number of aromatic hydroxyl groups is 1. The van der Waals surface area contributed by atoms with Crippen molar-refractivity contribution in [3.63, 3.8) is 0 Å². The van der Waals surface area contributed by atoms with E-state index in [-0.39, 0.29) is 11.7 Å². The number of imide groups is 1. The zero-order valence-corrected chi connectivity index (χ0v) is 16.0. The summed E-state index contributed by atoms with van der Waals surface area (Å²) in [5, 5.41) is 10.1. The van der Waals surface area contributed by atoms with E-state index in [4.69, 9.17) is 4.74 Å². The Morgan fingerprint density at radius 3 is 2.28 bits per heavy atom. The van der Waals surface area contributed by atoms with Crippen LogP contribution in [0.15, 0.2) is 66.7 Å². The molecule has 0 fully saturated rings. The van der Waals surface area contributed by atoms with Crippen molar-refractivity contribution in [3.05, 3.63) is 89.0 Å². The quantitative estimate of drug-likeness (QED) is 0.535. The lowest BCUT2D eigenvalue weighted by Crippen LogP contribution is -2.42. The number of anilines is 1. The molecule has 2 amide bonds. The SMILES string of the molecule is COc1ccc(/C=C2/C(=O)N(c3ccccc3C)C(=O)c3ccccc32)cc1O. The molecule has 5 nitrogen and oxygen atoms in total. The van der Waals surface area contributed by atoms with Crippen LogP contribution in [0.3, 0.4) is 0 Å². The molecule has 0 aromatic heterocycles. The fraction of sp³-hybridized carbons (Fsp3) is 0.0833. The number of nitrogens with zero attached hydrogens (tertiary/aromatic N) is 1. The molecule has 0 saturated heterocycles. The first-order chi connectivity index (χ1) is 14.0. The molecule has 1 heterocycles. The van der Waals surface area contributed by atoms with Gasteiger partial charge in [0.25, 0.3) is 11.8 Å². The van der Waals surface area contributed by atoms with Crippen LogP contribution in [0, 0.1) is 6.92 Å². The van der Waals surface area contributed by atoms with Gasteiger partial charge in [0.1, 0.15) is 0 Å². The van der Waals surface area contributed by atoms with Crippen molar-refractivity contribution in [3.8, 4) is 11.5 Å². The van der Waals surface area contributed by atoms with Gasteiger partial charge in [-0.1, -0.05) is 42.5 Å². The number of para-hydroxylation sites is 1. The molecular formula is C24H19NO4. The summed E-state index contributed by atoms with van der Waals surface area (Å²) in [6.07, 6.45) is 1.68. The number of hydrogen-bond acceptors (Lipinski definition) is 4. The van der Waals surface area contributed by atoms with Crippen LogP contribution < -0.4 is 9.64 Å². The minimum Gasteiger partial charge on any atom is -0.504 e. The third-order valence-electron chi connectivity index (χ3n) is 4.95. The van der Waals surface area contributed by atoms with Crippen LogP contribution >= 0.6 is 0 Å². The average molecular weight is 385 g/mol. The maximum absolute atomic E-state index is 13.4. The Bertz CT molecular complexity index is 1160. The molecule has 0 spiro atoms. The Hall–Kier alpha value is -3.86. The molecule has 29 heavy (non-hydrogen) atoms. The van der Waals surface area contributed by atoms with Gasteiger partial charge in [0.2, 0.25) is 0 Å². The number of aryl methyl sites for hydroxylation is 1. The Morgan fingerprint density at radius 1 is 0.897 bits per heavy atom. The van der Waals surface area contributed by atoms with Gasteiger partial charge in [0.15, 0.2) is 11.5 Å². The number of ether oxygens (including phenoxy) is 1. The normalized spacial score (nSPS) is 14.8. The maximum Gasteiger partial charge on any atom is 0.265 e. The largest absolute Gasteiger partial charge is 0.504 e. The van der Waals surface area contributed by atoms with Gasteiger partial charge in [-0.2, -0.15) is 0 Å². The standard InChI is InChI=1S/C24H19NO4/c1-15-7-3-6-10-20(15)25-23(27)18-9-5-4-8-17(18)19(24(25)28)13-16-11-12-22(29-2)21(26)14-16/h3-14,26H,1-2H3/b19-13+. The first-order valence-electron chi connectivity index (χ1n) is 9.14. The number of phenolic OH excluding ortho intramolecular Hbond substituents is 1. The molecule has 0 radical (unpaired) electrons. The van der Waals surface area contributed by atoms with Gasteiger partial charge in [-0.25, -0.2) is 4.90 Å². The molecule has 0 unspecified atom stereocenters. The molecular weight excluding hydrogens is 366 g/mol. The molecule has 0 atom stereocenters. The van der Waals surface area contributed by atoms with E-state index in [9.17, 15) is 14.7 Å². The first-order valence-corrected chi connectivity index (χ1v) is 9.14. The number of benzene rings is 3. The molecule has 3 aromatic rings. The predicted molar refractivity (Wildman–Crippen MR) is 112 cm³/mol. The third-order valence-corrected chi connectivity index (χ3v) is 4.95. The molecule has 144 valence electrons. The Labute approximate surface area is 168 Å². The van der Waals surface area contributed by atoms with E-state index in [1.807, 2.05) is 19.1 Å². The summed E-state index contributed by atoms with van der Waals surface area (Å²) in [5.74, 6) is -0.433. The zero-order valence-electron chi connectivity index (χ0n) is 16.0. The van der Waals surface area contributed by atoms with Crippen molar-refractivity contribution in [2.45, 2.75) is 6.92 Å². The second-order valence-corrected chi connectivity index (χ2v) is 6.77. The summed E-state index contributed by atoms with van der Waals surface area (Å²) < 4.78 is 5.08. The molecule has 1 aliphatic rings. The summed E-state index contributed by atoms with van der Waals surface area (Å²) in [4.78, 5) is 27.8. The third kappa shape index (κ3) is 3.17. The lowest BCUT2D eigenvalue weighted by molar-refractivity contribution is -0.112. The highest BCUT2D eigenvalue weighted by Crippen LogP contribution is 2.35. The fourth-order valence-electron chi connectivity index (χ4n) is 3.49. The molecule has 0 saturated carbocycles. The number of fused-ring (bicyclic) bond motifs is 1. The van der Waals surface area contributed by atoms with Crippen LogP contribution in [0.4, 0.5) is 5.69 Å². The number of hydrogen-bond donors (Lipinski definition) is 1. The van der Waals surface area contributed by atoms with E-state index in [1.54, 1.807) is 54.6 Å². The molecule has 4 rings (SSSR count). The van der Waals surface area contributed by atoms with Gasteiger partial charge in [0.05, 0.1) is 12.8 Å². The van der Waals surface area contributed by atoms with Crippen molar-refractivity contribution in [1.29, 1.82) is 0 Å². The van der Waals surface area contributed by atoms with Gasteiger partial charge >= 0.3 is 0 Å². The Kier molecular flexibility index (Phi) is 4.64. The molecule has 0 aliphatic carbocycles. The highest BCUT2D eigenvalue weighted by atomic mass is 16.5. The van der Waals surface area contributed by atoms with Gasteiger partial charge in [-0.3, -0.25) is 9.59 Å². The van der Waals surface area contributed by atoms with Gasteiger partial charge < -0.3 is 9.84 Å². The maximum atomic E-state index is 13.4. The smallest absolute Gasteiger partial charge is 0.265 e. The highest BCUT2D eigenvalue weighted by Gasteiger charge is 2.36. The van der Waals surface area contributed by atoms with Gasteiger partial charge in [-0.05, 0) is 54.0 Å². The molecule has 5 heteroatoms. The number of carbonyl (C=O) groups excluding carboxylic acids is 2. The van der Waals surface area contributed by atoms with Gasteiger partial charge in [-0.15, -0.1) is 0 Å². The summed E-state index contributed by atoms with van der Waals surface area (Å²) in [6.45, 7) is 1.86. The number of phenols is 1. The van der Waals surface area contributed by atoms with E-state index < -0.39 is 5.91 Å². The highest BCUT2D eigenvalue weighted by molar-refractivity contribution is 6.43. The number of carbonyl (C=O) groups is 2. The van der Waals surface area contributed by atoms with Crippen molar-refractivity contribution in [2.24, 2.45) is 0 Å². The van der Waals surface area contributed by atoms with Gasteiger partial charge in [0, 0.05) is 11.1 Å². The van der Waals surface area contributed by atoms with Crippen LogP contribution in [-0.4, -0.2) is 24.0 Å². The fourth-order valence-corrected chi connectivity index (χ4v) is 3.49. The lowest BCUT2D eigenvalue weighted by Gasteiger charge is -2.29. The summed E-state index contributed by atoms with van der Waals surface area (Å²) in [5.41, 5.74) is 3.42. The zero-order chi connectivity index (χ0) is 20.5. The van der Waals surface area contributed by atoms with E-state index in [0.717, 1.165) is 5.56 Å². The van der Waals surface area contributed by atoms with E-state index in [2.05, 4.69) is 0 Å². The number of methoxy groups -OCH3 is 1. The molecule has 1 aliphatic heterocycles. The minimum atomic E-state index is -0.404. The summed E-state index contributed by atoms with van der Waals surface area (Å²) >= 11 is 0. The first kappa shape index (κ1) is 18.5. The van der Waals surface area contributed by atoms with Crippen LogP contribution in [-0.2, 0) is 4.79 Å². The molecule has 0 bridgehead atoms. The lowest BCUT2D eigenvalue weighted by atomic mass is 9.91. The average Bonchev–Trinajstić information content (AvgIpc) is 2.73. The second-order valence-electron chi connectivity index (χ2n) is 6.77. The van der Waals surface area contributed by atoms with Crippen LogP contribution in [0.25, 0.3) is 11.6 Å². The van der Waals surface area contributed by atoms with Crippen molar-refractivity contribution >= 4 is 29.2 Å². The van der Waals surface area contributed by atoms with E-state index in [1.165, 1.54) is 18.1 Å². The Morgan fingerprint density at radius 2 is 1.59 bits per heavy atom. The number of rotatable bonds is 3. The summed E-state index contributed by atoms with van der Waals surface area (Å²) in [6, 6.07) is 19.2. The van der Waals surface area contributed by atoms with Crippen molar-refractivity contribution in [1.82, 2.24) is 0 Å². The van der Waals surface area contributed by atoms with E-state index in [0.29, 0.717) is 33.7 Å². The van der Waals surface area contributed by atoms with Crippen molar-refractivity contribution < 1.29 is 19.4 Å². The predicted octanol–water partition coefficient (Wildman–Crippen LogP) is 4.44. The summed E-state index contributed by atoms with van der Waals surface area (Å²) in [7, 11) is 1.47. The topological polar surface area (TPSA) is 66.8 Å². The van der Waals surface area contributed by atoms with Crippen molar-refractivity contribution in [2.75, 3.05) is 12.0 Å². The minimum absolute atomic E-state index is 0.0229. The van der Waals surface area contributed by atoms with Crippen LogP contribution in [0.2, 0.25) is 0 Å². The monoisotopic (exact) mass is 385 g/mol. The van der Waals surface area contributed by atoms with Crippen LogP contribution in [0.5, 0.6) is 11.5 Å². The second kappa shape index (κ2) is 7.28. The van der Waals surface area contributed by atoms with Crippen LogP contribution in [0.1, 0.15) is 27.0 Å². The van der Waals surface area contributed by atoms with E-state index >= 15 is 0 Å². The molecule has 3 aromatic carbocycles.